The molecule has 0 fully saturated rings. The zero-order valence-electron chi connectivity index (χ0n) is 10.0. The second-order valence-corrected chi connectivity index (χ2v) is 4.16. The summed E-state index contributed by atoms with van der Waals surface area (Å²) >= 11 is 0. The Morgan fingerprint density at radius 2 is 2.00 bits per heavy atom. The van der Waals surface area contributed by atoms with Gasteiger partial charge in [0.25, 0.3) is 0 Å². The van der Waals surface area contributed by atoms with Gasteiger partial charge in [-0.05, 0) is 23.6 Å². The third-order valence-corrected chi connectivity index (χ3v) is 2.67. The fraction of sp³-hybridized carbons (Fsp3) is 0.500. The summed E-state index contributed by atoms with van der Waals surface area (Å²) in [6.45, 7) is 4.44. The Morgan fingerprint density at radius 3 is 2.44 bits per heavy atom. The first-order valence-electron chi connectivity index (χ1n) is 5.37. The Labute approximate surface area is 96.2 Å². The van der Waals surface area contributed by atoms with Crippen LogP contribution in [0, 0.1) is 0 Å². The molecule has 4 heteroatoms. The van der Waals surface area contributed by atoms with Gasteiger partial charge in [0.2, 0.25) is 0 Å². The van der Waals surface area contributed by atoms with Crippen LogP contribution in [0.25, 0.3) is 0 Å². The average Bonchev–Trinajstić information content (AvgIpc) is 2.28. The highest BCUT2D eigenvalue weighted by atomic mass is 16.5. The van der Waals surface area contributed by atoms with Crippen LogP contribution in [-0.2, 0) is 0 Å². The molecule has 0 aliphatic carbocycles. The molecule has 0 saturated heterocycles. The molecule has 1 rings (SSSR count). The number of aromatic hydroxyl groups is 1. The lowest BCUT2D eigenvalue weighted by Crippen LogP contribution is -2.21. The average molecular weight is 224 g/mol. The number of phenols is 1. The number of hydrogen-bond donors (Lipinski definition) is 3. The number of methoxy groups -OCH3 is 1. The quantitative estimate of drug-likeness (QED) is 0.723. The zero-order valence-corrected chi connectivity index (χ0v) is 10.0. The molecule has 4 nitrogen and oxygen atoms in total. The van der Waals surface area contributed by atoms with Gasteiger partial charge in [0.05, 0.1) is 7.11 Å². The Balaban J connectivity index is 3.29. The lowest BCUT2D eigenvalue weighted by Gasteiger charge is -2.17. The van der Waals surface area contributed by atoms with E-state index in [1.165, 1.54) is 7.11 Å². The highest BCUT2D eigenvalue weighted by Crippen LogP contribution is 2.36. The van der Waals surface area contributed by atoms with Gasteiger partial charge in [-0.2, -0.15) is 0 Å². The lowest BCUT2D eigenvalue weighted by molar-refractivity contribution is 0.368. The van der Waals surface area contributed by atoms with Crippen molar-refractivity contribution in [3.8, 4) is 11.5 Å². The number of nitrogens with two attached hydrogens (primary N) is 2. The van der Waals surface area contributed by atoms with Crippen molar-refractivity contribution in [3.05, 3.63) is 23.3 Å². The van der Waals surface area contributed by atoms with E-state index in [2.05, 4.69) is 13.8 Å². The fourth-order valence-corrected chi connectivity index (χ4v) is 1.55. The number of hydrogen-bond acceptors (Lipinski definition) is 4. The second kappa shape index (κ2) is 5.18. The Morgan fingerprint density at radius 1 is 1.38 bits per heavy atom. The van der Waals surface area contributed by atoms with Gasteiger partial charge < -0.3 is 21.3 Å². The predicted molar refractivity (Wildman–Crippen MR) is 64.7 cm³/mol. The number of benzene rings is 1. The van der Waals surface area contributed by atoms with Crippen molar-refractivity contribution in [1.29, 1.82) is 0 Å². The van der Waals surface area contributed by atoms with Crippen LogP contribution in [0.3, 0.4) is 0 Å². The summed E-state index contributed by atoms with van der Waals surface area (Å²) in [6.07, 6.45) is 0. The fourth-order valence-electron chi connectivity index (χ4n) is 1.55. The van der Waals surface area contributed by atoms with E-state index in [0.717, 1.165) is 5.56 Å². The van der Waals surface area contributed by atoms with E-state index in [4.69, 9.17) is 16.2 Å². The van der Waals surface area contributed by atoms with Crippen molar-refractivity contribution in [3.63, 3.8) is 0 Å². The zero-order chi connectivity index (χ0) is 12.3. The van der Waals surface area contributed by atoms with Crippen LogP contribution in [0.4, 0.5) is 0 Å². The molecule has 0 aliphatic heterocycles. The van der Waals surface area contributed by atoms with E-state index in [9.17, 15) is 5.11 Å². The van der Waals surface area contributed by atoms with Crippen LogP contribution in [0.1, 0.15) is 36.9 Å². The van der Waals surface area contributed by atoms with Crippen molar-refractivity contribution >= 4 is 0 Å². The summed E-state index contributed by atoms with van der Waals surface area (Å²) in [4.78, 5) is 0. The van der Waals surface area contributed by atoms with Crippen molar-refractivity contribution in [1.82, 2.24) is 0 Å². The number of rotatable bonds is 4. The molecular weight excluding hydrogens is 204 g/mol. The van der Waals surface area contributed by atoms with Crippen molar-refractivity contribution in [2.24, 2.45) is 11.5 Å². The van der Waals surface area contributed by atoms with Crippen LogP contribution in [0.15, 0.2) is 12.1 Å². The van der Waals surface area contributed by atoms with Gasteiger partial charge >= 0.3 is 0 Å². The molecule has 0 amide bonds. The van der Waals surface area contributed by atoms with Crippen LogP contribution in [-0.4, -0.2) is 18.8 Å². The molecule has 0 aromatic heterocycles. The Bertz CT molecular complexity index is 364. The minimum Gasteiger partial charge on any atom is -0.504 e. The molecule has 0 saturated carbocycles. The minimum absolute atomic E-state index is 0.0878. The summed E-state index contributed by atoms with van der Waals surface area (Å²) in [5, 5.41) is 9.94. The molecule has 90 valence electrons. The maximum Gasteiger partial charge on any atom is 0.162 e. The van der Waals surface area contributed by atoms with Crippen LogP contribution >= 0.6 is 0 Å². The van der Waals surface area contributed by atoms with Crippen molar-refractivity contribution in [2.75, 3.05) is 13.7 Å². The van der Waals surface area contributed by atoms with E-state index in [1.54, 1.807) is 0 Å². The van der Waals surface area contributed by atoms with Gasteiger partial charge in [-0.15, -0.1) is 0 Å². The first-order valence-corrected chi connectivity index (χ1v) is 5.37. The maximum atomic E-state index is 9.94. The first-order chi connectivity index (χ1) is 7.51. The Kier molecular flexibility index (Phi) is 4.15. The number of ether oxygens (including phenoxy) is 1. The van der Waals surface area contributed by atoms with E-state index in [1.807, 2.05) is 12.1 Å². The van der Waals surface area contributed by atoms with Crippen molar-refractivity contribution in [2.45, 2.75) is 25.8 Å². The summed E-state index contributed by atoms with van der Waals surface area (Å²) in [7, 11) is 1.52. The van der Waals surface area contributed by atoms with Crippen molar-refractivity contribution < 1.29 is 9.84 Å². The molecule has 0 aliphatic rings. The molecule has 0 radical (unpaired) electrons. The van der Waals surface area contributed by atoms with Gasteiger partial charge in [-0.1, -0.05) is 13.8 Å². The van der Waals surface area contributed by atoms with E-state index in [-0.39, 0.29) is 18.3 Å². The molecule has 0 heterocycles. The van der Waals surface area contributed by atoms with Crippen LogP contribution in [0.5, 0.6) is 11.5 Å². The summed E-state index contributed by atoms with van der Waals surface area (Å²) in [5.74, 6) is 0.883. The Hall–Kier alpha value is -1.26. The third kappa shape index (κ3) is 2.46. The molecule has 1 aromatic rings. The topological polar surface area (TPSA) is 81.5 Å². The summed E-state index contributed by atoms with van der Waals surface area (Å²) in [5.41, 5.74) is 13.1. The predicted octanol–water partition coefficient (Wildman–Crippen LogP) is 1.48. The SMILES string of the molecule is COc1cc(C(C)C)cc([C@H](N)CN)c1O. The van der Waals surface area contributed by atoms with Gasteiger partial charge in [-0.3, -0.25) is 0 Å². The molecule has 16 heavy (non-hydrogen) atoms. The molecule has 0 bridgehead atoms. The molecule has 5 N–H and O–H groups in total. The highest BCUT2D eigenvalue weighted by Gasteiger charge is 2.16. The molecular formula is C12H20N2O2. The van der Waals surface area contributed by atoms with Gasteiger partial charge in [0, 0.05) is 18.2 Å². The van der Waals surface area contributed by atoms with Crippen LogP contribution in [0.2, 0.25) is 0 Å². The van der Waals surface area contributed by atoms with Gasteiger partial charge in [-0.25, -0.2) is 0 Å². The molecule has 0 spiro atoms. The summed E-state index contributed by atoms with van der Waals surface area (Å²) < 4.78 is 5.12. The van der Waals surface area contributed by atoms with E-state index >= 15 is 0 Å². The smallest absolute Gasteiger partial charge is 0.162 e. The molecule has 1 aromatic carbocycles. The lowest BCUT2D eigenvalue weighted by atomic mass is 9.96. The van der Waals surface area contributed by atoms with E-state index < -0.39 is 0 Å². The second-order valence-electron chi connectivity index (χ2n) is 4.16. The van der Waals surface area contributed by atoms with E-state index in [0.29, 0.717) is 17.2 Å². The standard InChI is InChI=1S/C12H20N2O2/c1-7(2)8-4-9(10(14)6-13)12(15)11(5-8)16-3/h4-5,7,10,15H,6,13-14H2,1-3H3/t10-/m1/s1. The third-order valence-electron chi connectivity index (χ3n) is 2.67. The largest absolute Gasteiger partial charge is 0.504 e. The number of phenolic OH excluding ortho intramolecular Hbond substituents is 1. The molecule has 0 unspecified atom stereocenters. The monoisotopic (exact) mass is 224 g/mol. The molecule has 1 atom stereocenters. The van der Waals surface area contributed by atoms with Crippen LogP contribution < -0.4 is 16.2 Å². The maximum absolute atomic E-state index is 9.94. The minimum atomic E-state index is -0.368. The van der Waals surface area contributed by atoms with Gasteiger partial charge in [0.15, 0.2) is 11.5 Å². The van der Waals surface area contributed by atoms with Gasteiger partial charge in [0.1, 0.15) is 0 Å². The summed E-state index contributed by atoms with van der Waals surface area (Å²) in [6, 6.07) is 3.35. The normalized spacial score (nSPS) is 12.9. The first kappa shape index (κ1) is 12.8. The highest BCUT2D eigenvalue weighted by molar-refractivity contribution is 5.50.